The molecule has 0 saturated heterocycles. The summed E-state index contributed by atoms with van der Waals surface area (Å²) in [5.41, 5.74) is 2.63. The summed E-state index contributed by atoms with van der Waals surface area (Å²) in [7, 11) is 0. The van der Waals surface area contributed by atoms with Gasteiger partial charge in [0.25, 0.3) is 0 Å². The van der Waals surface area contributed by atoms with Gasteiger partial charge in [-0.05, 0) is 38.1 Å². The standard InChI is InChI=1S/C27H24N2O4/c1-3-32-22-17-15-21(16-18-22)29-25(19-11-7-5-8-12-19)23(24(28-29)27(31)33-4-2)26(30)20-13-9-6-10-14-20/h5-18H,3-4H2,1-2H3. The summed E-state index contributed by atoms with van der Waals surface area (Å²) < 4.78 is 12.4. The Bertz CT molecular complexity index is 1250. The zero-order chi connectivity index (χ0) is 23.2. The molecule has 3 aromatic carbocycles. The number of carbonyl (C=O) groups excluding carboxylic acids is 2. The summed E-state index contributed by atoms with van der Waals surface area (Å²) in [5, 5.41) is 4.58. The molecule has 0 fully saturated rings. The van der Waals surface area contributed by atoms with E-state index < -0.39 is 5.97 Å². The van der Waals surface area contributed by atoms with Crippen LogP contribution in [0.3, 0.4) is 0 Å². The zero-order valence-corrected chi connectivity index (χ0v) is 18.5. The fourth-order valence-electron chi connectivity index (χ4n) is 3.61. The van der Waals surface area contributed by atoms with E-state index in [9.17, 15) is 9.59 Å². The molecule has 0 N–H and O–H groups in total. The summed E-state index contributed by atoms with van der Waals surface area (Å²) in [5.74, 6) is -0.214. The molecule has 6 nitrogen and oxygen atoms in total. The maximum Gasteiger partial charge on any atom is 0.359 e. The van der Waals surface area contributed by atoms with E-state index in [2.05, 4.69) is 5.10 Å². The molecule has 0 atom stereocenters. The quantitative estimate of drug-likeness (QED) is 0.273. The number of hydrogen-bond donors (Lipinski definition) is 0. The second-order valence-electron chi connectivity index (χ2n) is 7.19. The third kappa shape index (κ3) is 4.55. The molecule has 33 heavy (non-hydrogen) atoms. The molecule has 0 aliphatic carbocycles. The lowest BCUT2D eigenvalue weighted by Crippen LogP contribution is -2.12. The Labute approximate surface area is 192 Å². The second-order valence-corrected chi connectivity index (χ2v) is 7.19. The lowest BCUT2D eigenvalue weighted by atomic mass is 9.97. The summed E-state index contributed by atoms with van der Waals surface area (Å²) in [4.78, 5) is 26.6. The van der Waals surface area contributed by atoms with Gasteiger partial charge in [0.2, 0.25) is 0 Å². The Morgan fingerprint density at radius 3 is 2.06 bits per heavy atom. The van der Waals surface area contributed by atoms with Crippen LogP contribution in [0.25, 0.3) is 16.9 Å². The van der Waals surface area contributed by atoms with Crippen LogP contribution in [0.15, 0.2) is 84.9 Å². The molecule has 4 rings (SSSR count). The Morgan fingerprint density at radius 1 is 0.818 bits per heavy atom. The largest absolute Gasteiger partial charge is 0.494 e. The summed E-state index contributed by atoms with van der Waals surface area (Å²) >= 11 is 0. The van der Waals surface area contributed by atoms with Crippen molar-refractivity contribution >= 4 is 11.8 Å². The SMILES string of the molecule is CCOC(=O)c1nn(-c2ccc(OCC)cc2)c(-c2ccccc2)c1C(=O)c1ccccc1. The molecule has 0 aliphatic heterocycles. The normalized spacial score (nSPS) is 10.6. The molecule has 0 amide bonds. The number of ether oxygens (including phenoxy) is 2. The second kappa shape index (κ2) is 9.96. The maximum absolute atomic E-state index is 13.7. The van der Waals surface area contributed by atoms with Crippen LogP contribution in [-0.4, -0.2) is 34.7 Å². The highest BCUT2D eigenvalue weighted by atomic mass is 16.5. The van der Waals surface area contributed by atoms with Gasteiger partial charge in [0.15, 0.2) is 11.5 Å². The van der Waals surface area contributed by atoms with E-state index in [1.54, 1.807) is 35.9 Å². The first-order valence-corrected chi connectivity index (χ1v) is 10.8. The molecule has 0 saturated carbocycles. The number of ketones is 1. The molecule has 4 aromatic rings. The number of benzene rings is 3. The number of hydrogen-bond acceptors (Lipinski definition) is 5. The number of rotatable bonds is 8. The van der Waals surface area contributed by atoms with E-state index in [1.807, 2.05) is 67.6 Å². The van der Waals surface area contributed by atoms with Crippen molar-refractivity contribution in [1.29, 1.82) is 0 Å². The van der Waals surface area contributed by atoms with E-state index in [-0.39, 0.29) is 23.6 Å². The Balaban J connectivity index is 1.98. The van der Waals surface area contributed by atoms with Gasteiger partial charge in [-0.25, -0.2) is 9.48 Å². The minimum atomic E-state index is -0.640. The smallest absolute Gasteiger partial charge is 0.359 e. The average Bonchev–Trinajstić information content (AvgIpc) is 3.26. The van der Waals surface area contributed by atoms with Gasteiger partial charge in [0.1, 0.15) is 5.75 Å². The molecule has 0 radical (unpaired) electrons. The highest BCUT2D eigenvalue weighted by Gasteiger charge is 2.30. The molecule has 0 bridgehead atoms. The van der Waals surface area contributed by atoms with E-state index >= 15 is 0 Å². The first kappa shape index (κ1) is 22.0. The number of aromatic nitrogens is 2. The van der Waals surface area contributed by atoms with Crippen LogP contribution in [0.2, 0.25) is 0 Å². The van der Waals surface area contributed by atoms with Gasteiger partial charge in [0, 0.05) is 11.1 Å². The van der Waals surface area contributed by atoms with Gasteiger partial charge >= 0.3 is 5.97 Å². The highest BCUT2D eigenvalue weighted by molar-refractivity contribution is 6.17. The van der Waals surface area contributed by atoms with Crippen LogP contribution in [0.4, 0.5) is 0 Å². The van der Waals surface area contributed by atoms with Crippen molar-refractivity contribution in [2.75, 3.05) is 13.2 Å². The van der Waals surface area contributed by atoms with Crippen molar-refractivity contribution in [2.24, 2.45) is 0 Å². The Hall–Kier alpha value is -4.19. The predicted octanol–water partition coefficient (Wildman–Crippen LogP) is 5.35. The third-order valence-corrected chi connectivity index (χ3v) is 5.06. The van der Waals surface area contributed by atoms with Gasteiger partial charge in [-0.3, -0.25) is 4.79 Å². The molecule has 1 heterocycles. The van der Waals surface area contributed by atoms with Crippen LogP contribution in [0, 0.1) is 0 Å². The number of esters is 1. The molecule has 0 unspecified atom stereocenters. The van der Waals surface area contributed by atoms with Crippen LogP contribution < -0.4 is 4.74 Å². The van der Waals surface area contributed by atoms with Gasteiger partial charge in [-0.15, -0.1) is 0 Å². The molecule has 0 spiro atoms. The molecule has 6 heteroatoms. The van der Waals surface area contributed by atoms with Crippen LogP contribution in [-0.2, 0) is 4.74 Å². The van der Waals surface area contributed by atoms with Crippen LogP contribution >= 0.6 is 0 Å². The monoisotopic (exact) mass is 440 g/mol. The lowest BCUT2D eigenvalue weighted by Gasteiger charge is -2.11. The fraction of sp³-hybridized carbons (Fsp3) is 0.148. The Morgan fingerprint density at radius 2 is 1.45 bits per heavy atom. The first-order chi connectivity index (χ1) is 16.1. The predicted molar refractivity (Wildman–Crippen MR) is 126 cm³/mol. The van der Waals surface area contributed by atoms with Gasteiger partial charge < -0.3 is 9.47 Å². The van der Waals surface area contributed by atoms with E-state index in [1.165, 1.54) is 0 Å². The van der Waals surface area contributed by atoms with Crippen LogP contribution in [0.5, 0.6) is 5.75 Å². The van der Waals surface area contributed by atoms with Crippen molar-refractivity contribution in [3.63, 3.8) is 0 Å². The summed E-state index contributed by atoms with van der Waals surface area (Å²) in [6.45, 7) is 4.37. The Kier molecular flexibility index (Phi) is 6.64. The van der Waals surface area contributed by atoms with Crippen molar-refractivity contribution < 1.29 is 19.1 Å². The maximum atomic E-state index is 13.7. The third-order valence-electron chi connectivity index (χ3n) is 5.06. The topological polar surface area (TPSA) is 70.4 Å². The average molecular weight is 440 g/mol. The minimum absolute atomic E-state index is 0.0153. The van der Waals surface area contributed by atoms with Crippen molar-refractivity contribution in [1.82, 2.24) is 9.78 Å². The van der Waals surface area contributed by atoms with Gasteiger partial charge in [0.05, 0.1) is 30.2 Å². The van der Waals surface area contributed by atoms with Crippen LogP contribution in [0.1, 0.15) is 40.3 Å². The molecular weight excluding hydrogens is 416 g/mol. The molecule has 0 aliphatic rings. The van der Waals surface area contributed by atoms with Crippen molar-refractivity contribution in [3.05, 3.63) is 102 Å². The van der Waals surface area contributed by atoms with Crippen molar-refractivity contribution in [3.8, 4) is 22.7 Å². The molecule has 1 aromatic heterocycles. The fourth-order valence-corrected chi connectivity index (χ4v) is 3.61. The number of nitrogens with zero attached hydrogens (tertiary/aromatic N) is 2. The molecule has 166 valence electrons. The highest BCUT2D eigenvalue weighted by Crippen LogP contribution is 2.32. The summed E-state index contributed by atoms with van der Waals surface area (Å²) in [6.07, 6.45) is 0. The van der Waals surface area contributed by atoms with E-state index in [0.717, 1.165) is 11.3 Å². The lowest BCUT2D eigenvalue weighted by molar-refractivity contribution is 0.0516. The first-order valence-electron chi connectivity index (χ1n) is 10.8. The van der Waals surface area contributed by atoms with Gasteiger partial charge in [-0.2, -0.15) is 5.10 Å². The number of carbonyl (C=O) groups is 2. The zero-order valence-electron chi connectivity index (χ0n) is 18.5. The molecular formula is C27H24N2O4. The van der Waals surface area contributed by atoms with Crippen molar-refractivity contribution in [2.45, 2.75) is 13.8 Å². The van der Waals surface area contributed by atoms with Gasteiger partial charge in [-0.1, -0.05) is 60.7 Å². The minimum Gasteiger partial charge on any atom is -0.494 e. The van der Waals surface area contributed by atoms with E-state index in [0.29, 0.717) is 23.6 Å². The summed E-state index contributed by atoms with van der Waals surface area (Å²) in [6, 6.07) is 25.6. The van der Waals surface area contributed by atoms with E-state index in [4.69, 9.17) is 9.47 Å².